The first-order chi connectivity index (χ1) is 19.3. The Balaban J connectivity index is 1.89. The molecule has 0 saturated heterocycles. The van der Waals surface area contributed by atoms with Gasteiger partial charge >= 0.3 is 0 Å². The van der Waals surface area contributed by atoms with Crippen LogP contribution in [0.4, 0.5) is 14.5 Å². The van der Waals surface area contributed by atoms with Gasteiger partial charge in [-0.1, -0.05) is 54.1 Å². The van der Waals surface area contributed by atoms with E-state index in [4.69, 9.17) is 11.6 Å². The van der Waals surface area contributed by atoms with Crippen molar-refractivity contribution >= 4 is 39.1 Å². The Morgan fingerprint density at radius 3 is 2.22 bits per heavy atom. The molecule has 0 radical (unpaired) electrons. The smallest absolute Gasteiger partial charge is 0.243 e. The predicted molar refractivity (Wildman–Crippen MR) is 157 cm³/mol. The Morgan fingerprint density at radius 1 is 0.927 bits per heavy atom. The second-order valence-corrected chi connectivity index (χ2v) is 12.4. The van der Waals surface area contributed by atoms with Crippen molar-refractivity contribution in [3.8, 4) is 0 Å². The average Bonchev–Trinajstić information content (AvgIpc) is 2.89. The van der Waals surface area contributed by atoms with Crippen LogP contribution >= 0.6 is 11.6 Å². The Morgan fingerprint density at radius 2 is 1.61 bits per heavy atom. The monoisotopic (exact) mass is 605 g/mol. The van der Waals surface area contributed by atoms with E-state index in [1.165, 1.54) is 11.0 Å². The zero-order valence-electron chi connectivity index (χ0n) is 23.2. The summed E-state index contributed by atoms with van der Waals surface area (Å²) in [6.45, 7) is 3.61. The van der Waals surface area contributed by atoms with Crippen LogP contribution in [0.15, 0.2) is 72.8 Å². The Bertz CT molecular complexity index is 1460. The van der Waals surface area contributed by atoms with Gasteiger partial charge in [-0.2, -0.15) is 0 Å². The average molecular weight is 606 g/mol. The highest BCUT2D eigenvalue weighted by Gasteiger charge is 2.31. The van der Waals surface area contributed by atoms with Crippen molar-refractivity contribution in [1.82, 2.24) is 10.2 Å². The Hall–Kier alpha value is -3.50. The van der Waals surface area contributed by atoms with Gasteiger partial charge in [-0.3, -0.25) is 13.9 Å². The van der Waals surface area contributed by atoms with Gasteiger partial charge in [0.25, 0.3) is 0 Å². The number of nitrogens with zero attached hydrogens (tertiary/aromatic N) is 2. The van der Waals surface area contributed by atoms with Gasteiger partial charge < -0.3 is 10.2 Å². The zero-order valence-corrected chi connectivity index (χ0v) is 24.8. The molecule has 220 valence electrons. The molecular weight excluding hydrogens is 572 g/mol. The molecule has 0 fully saturated rings. The lowest BCUT2D eigenvalue weighted by atomic mass is 10.0. The van der Waals surface area contributed by atoms with E-state index >= 15 is 0 Å². The van der Waals surface area contributed by atoms with Gasteiger partial charge in [-0.25, -0.2) is 17.2 Å². The van der Waals surface area contributed by atoms with Crippen LogP contribution < -0.4 is 9.62 Å². The first kappa shape index (κ1) is 32.0. The molecule has 0 aromatic heterocycles. The van der Waals surface area contributed by atoms with Crippen molar-refractivity contribution in [2.75, 3.05) is 17.1 Å². The van der Waals surface area contributed by atoms with E-state index in [-0.39, 0.29) is 55.9 Å². The molecule has 0 saturated carbocycles. The molecule has 1 N–H and O–H groups in total. The summed E-state index contributed by atoms with van der Waals surface area (Å²) in [6, 6.07) is 18.1. The van der Waals surface area contributed by atoms with Crippen molar-refractivity contribution < 1.29 is 26.8 Å². The van der Waals surface area contributed by atoms with Crippen LogP contribution in [0.3, 0.4) is 0 Å². The molecule has 3 aromatic carbocycles. The van der Waals surface area contributed by atoms with E-state index in [9.17, 15) is 26.8 Å². The maximum Gasteiger partial charge on any atom is 0.243 e. The minimum atomic E-state index is -3.86. The lowest BCUT2D eigenvalue weighted by Crippen LogP contribution is -2.51. The number of halogens is 3. The van der Waals surface area contributed by atoms with Crippen LogP contribution in [-0.2, 0) is 32.6 Å². The van der Waals surface area contributed by atoms with Crippen LogP contribution in [0.1, 0.15) is 37.8 Å². The molecule has 1 atom stereocenters. The van der Waals surface area contributed by atoms with E-state index in [2.05, 4.69) is 5.32 Å². The largest absolute Gasteiger partial charge is 0.352 e. The third-order valence-electron chi connectivity index (χ3n) is 6.29. The van der Waals surface area contributed by atoms with Crippen molar-refractivity contribution in [2.45, 2.75) is 51.7 Å². The summed E-state index contributed by atoms with van der Waals surface area (Å²) in [4.78, 5) is 28.7. The van der Waals surface area contributed by atoms with Crippen LogP contribution in [0.25, 0.3) is 0 Å². The molecule has 3 aromatic rings. The summed E-state index contributed by atoms with van der Waals surface area (Å²) in [5.41, 5.74) is 1.54. The molecule has 0 bridgehead atoms. The number of sulfonamides is 1. The van der Waals surface area contributed by atoms with Crippen molar-refractivity contribution in [2.24, 2.45) is 0 Å². The normalized spacial score (nSPS) is 12.2. The van der Waals surface area contributed by atoms with Gasteiger partial charge in [-0.15, -0.1) is 0 Å². The van der Waals surface area contributed by atoms with Crippen LogP contribution in [0.5, 0.6) is 0 Å². The molecule has 0 spiro atoms. The Kier molecular flexibility index (Phi) is 11.3. The number of carbonyl (C=O) groups is 2. The van der Waals surface area contributed by atoms with Crippen LogP contribution in [0, 0.1) is 11.6 Å². The Labute approximate surface area is 245 Å². The molecule has 11 heteroatoms. The lowest BCUT2D eigenvalue weighted by molar-refractivity contribution is -0.141. The van der Waals surface area contributed by atoms with E-state index in [1.807, 2.05) is 44.2 Å². The van der Waals surface area contributed by atoms with Gasteiger partial charge in [0.15, 0.2) is 11.6 Å². The molecule has 0 aliphatic rings. The number of nitrogens with one attached hydrogen (secondary N) is 1. The lowest BCUT2D eigenvalue weighted by Gasteiger charge is -2.32. The summed E-state index contributed by atoms with van der Waals surface area (Å²) < 4.78 is 53.2. The number of anilines is 1. The van der Waals surface area contributed by atoms with E-state index < -0.39 is 27.7 Å². The highest BCUT2D eigenvalue weighted by molar-refractivity contribution is 7.92. The fourth-order valence-corrected chi connectivity index (χ4v) is 5.58. The zero-order chi connectivity index (χ0) is 30.2. The number of carbonyl (C=O) groups excluding carboxylic acids is 2. The molecule has 41 heavy (non-hydrogen) atoms. The second kappa shape index (κ2) is 14.4. The van der Waals surface area contributed by atoms with Crippen LogP contribution in [-0.4, -0.2) is 50.0 Å². The summed E-state index contributed by atoms with van der Waals surface area (Å²) in [5, 5.41) is 3.39. The summed E-state index contributed by atoms with van der Waals surface area (Å²) in [7, 11) is -3.86. The molecular formula is C30H34ClF2N3O4S. The molecule has 3 rings (SSSR count). The summed E-state index contributed by atoms with van der Waals surface area (Å²) >= 11 is 6.19. The third kappa shape index (κ3) is 9.54. The summed E-state index contributed by atoms with van der Waals surface area (Å²) in [5.74, 6) is -2.97. The minimum Gasteiger partial charge on any atom is -0.352 e. The fraction of sp³-hybridized carbons (Fsp3) is 0.333. The van der Waals surface area contributed by atoms with Gasteiger partial charge in [0, 0.05) is 43.1 Å². The van der Waals surface area contributed by atoms with Crippen molar-refractivity contribution in [1.29, 1.82) is 0 Å². The third-order valence-corrected chi connectivity index (χ3v) is 7.72. The maximum atomic E-state index is 13.8. The number of amides is 2. The van der Waals surface area contributed by atoms with Crippen molar-refractivity contribution in [3.05, 3.63) is 101 Å². The van der Waals surface area contributed by atoms with E-state index in [1.54, 1.807) is 24.3 Å². The van der Waals surface area contributed by atoms with Gasteiger partial charge in [-0.05, 0) is 55.7 Å². The number of rotatable bonds is 13. The molecule has 2 amide bonds. The van der Waals surface area contributed by atoms with Gasteiger partial charge in [0.1, 0.15) is 6.04 Å². The fourth-order valence-electron chi connectivity index (χ4n) is 4.41. The first-order valence-electron chi connectivity index (χ1n) is 13.2. The standard InChI is InChI=1S/C30H34ClF2N3O4S/c1-21(2)34-30(38)28(18-22-9-5-4-6-10-22)35(20-23-11-7-12-24(31)17-23)29(37)13-8-16-36(41(3,39)40)25-14-15-26(32)27(33)19-25/h4-7,9-12,14-15,17,19,21,28H,8,13,16,18,20H2,1-3H3,(H,34,38)/t28-/m1/s1. The number of hydrogen-bond acceptors (Lipinski definition) is 4. The molecule has 0 aliphatic carbocycles. The van der Waals surface area contributed by atoms with Crippen LogP contribution in [0.2, 0.25) is 5.02 Å². The predicted octanol–water partition coefficient (Wildman–Crippen LogP) is 5.33. The molecule has 0 aliphatic heterocycles. The number of benzene rings is 3. The highest BCUT2D eigenvalue weighted by Crippen LogP contribution is 2.23. The minimum absolute atomic E-state index is 0.0482. The maximum absolute atomic E-state index is 13.8. The van der Waals surface area contributed by atoms with Crippen molar-refractivity contribution in [3.63, 3.8) is 0 Å². The molecule has 0 unspecified atom stereocenters. The molecule has 0 heterocycles. The quantitative estimate of drug-likeness (QED) is 0.285. The van der Waals surface area contributed by atoms with E-state index in [0.29, 0.717) is 5.02 Å². The number of hydrogen-bond donors (Lipinski definition) is 1. The second-order valence-electron chi connectivity index (χ2n) is 10.1. The molecule has 7 nitrogen and oxygen atoms in total. The SMILES string of the molecule is CC(C)NC(=O)[C@@H](Cc1ccccc1)N(Cc1cccc(Cl)c1)C(=O)CCCN(c1ccc(F)c(F)c1)S(C)(=O)=O. The summed E-state index contributed by atoms with van der Waals surface area (Å²) in [6.07, 6.45) is 1.18. The van der Waals surface area contributed by atoms with Gasteiger partial charge in [0.05, 0.1) is 11.9 Å². The highest BCUT2D eigenvalue weighted by atomic mass is 35.5. The topological polar surface area (TPSA) is 86.8 Å². The van der Waals surface area contributed by atoms with Gasteiger partial charge in [0.2, 0.25) is 21.8 Å². The first-order valence-corrected chi connectivity index (χ1v) is 15.4. The van der Waals surface area contributed by atoms with E-state index in [0.717, 1.165) is 33.8 Å².